The standard InChI is InChI=1S/C36H21NO2S3/c38-42(39)35-12-6-2-8-26(35)28-21-24(15-18-36(28)42)37-29-9-3-5-11-33(29)41-34-20-23(13-16-30(34)37)22-14-17-32-27(19-22)25-7-1-4-10-31(25)40-32/h1-21H. The number of thiophene rings is 1. The highest BCUT2D eigenvalue weighted by atomic mass is 32.2. The Bertz CT molecular complexity index is 2370. The Morgan fingerprint density at radius 3 is 2.19 bits per heavy atom. The van der Waals surface area contributed by atoms with Gasteiger partial charge < -0.3 is 4.90 Å². The van der Waals surface area contributed by atoms with E-state index in [2.05, 4.69) is 89.8 Å². The number of nitrogens with zero attached hydrogens (tertiary/aromatic N) is 1. The second-order valence-corrected chi connectivity index (χ2v) is 14.6. The van der Waals surface area contributed by atoms with Crippen molar-refractivity contribution in [2.75, 3.05) is 4.90 Å². The Morgan fingerprint density at radius 2 is 1.24 bits per heavy atom. The van der Waals surface area contributed by atoms with Crippen LogP contribution in [0.2, 0.25) is 0 Å². The Balaban J connectivity index is 1.20. The minimum absolute atomic E-state index is 0.374. The lowest BCUT2D eigenvalue weighted by Crippen LogP contribution is -2.15. The molecule has 0 saturated carbocycles. The predicted molar refractivity (Wildman–Crippen MR) is 174 cm³/mol. The normalized spacial score (nSPS) is 14.4. The summed E-state index contributed by atoms with van der Waals surface area (Å²) in [5.41, 5.74) is 7.00. The number of sulfone groups is 1. The molecule has 0 aliphatic carbocycles. The summed E-state index contributed by atoms with van der Waals surface area (Å²) in [5.74, 6) is 0. The molecule has 1 aromatic heterocycles. The van der Waals surface area contributed by atoms with Crippen molar-refractivity contribution in [1.29, 1.82) is 0 Å². The van der Waals surface area contributed by atoms with Crippen molar-refractivity contribution >= 4 is 70.2 Å². The van der Waals surface area contributed by atoms with Crippen molar-refractivity contribution in [2.45, 2.75) is 19.6 Å². The molecule has 7 aromatic rings. The van der Waals surface area contributed by atoms with Crippen LogP contribution in [0.5, 0.6) is 0 Å². The molecule has 0 spiro atoms. The molecule has 6 heteroatoms. The van der Waals surface area contributed by atoms with Crippen LogP contribution >= 0.6 is 23.1 Å². The first-order chi connectivity index (χ1) is 20.6. The zero-order valence-electron chi connectivity index (χ0n) is 22.1. The Labute approximate surface area is 251 Å². The third-order valence-electron chi connectivity index (χ3n) is 8.21. The van der Waals surface area contributed by atoms with Crippen molar-refractivity contribution in [2.24, 2.45) is 0 Å². The summed E-state index contributed by atoms with van der Waals surface area (Å²) >= 11 is 3.61. The molecule has 42 heavy (non-hydrogen) atoms. The molecule has 0 radical (unpaired) electrons. The first-order valence-corrected chi connectivity index (χ1v) is 16.8. The molecule has 9 rings (SSSR count). The van der Waals surface area contributed by atoms with E-state index < -0.39 is 9.84 Å². The van der Waals surface area contributed by atoms with Gasteiger partial charge in [0.2, 0.25) is 9.84 Å². The van der Waals surface area contributed by atoms with Gasteiger partial charge in [0.1, 0.15) is 0 Å². The molecule has 3 heterocycles. The van der Waals surface area contributed by atoms with Gasteiger partial charge in [0.25, 0.3) is 0 Å². The second kappa shape index (κ2) is 8.82. The van der Waals surface area contributed by atoms with E-state index in [9.17, 15) is 8.42 Å². The lowest BCUT2D eigenvalue weighted by atomic mass is 10.0. The number of fused-ring (bicyclic) bond motifs is 8. The van der Waals surface area contributed by atoms with E-state index in [1.807, 2.05) is 35.6 Å². The van der Waals surface area contributed by atoms with E-state index in [1.54, 1.807) is 30.0 Å². The number of para-hydroxylation sites is 1. The van der Waals surface area contributed by atoms with Crippen molar-refractivity contribution in [3.05, 3.63) is 127 Å². The largest absolute Gasteiger partial charge is 0.308 e. The van der Waals surface area contributed by atoms with Gasteiger partial charge in [0.15, 0.2) is 0 Å². The summed E-state index contributed by atoms with van der Waals surface area (Å²) in [6, 6.07) is 43.5. The van der Waals surface area contributed by atoms with Crippen LogP contribution in [0.3, 0.4) is 0 Å². The zero-order chi connectivity index (χ0) is 28.0. The smallest absolute Gasteiger partial charge is 0.207 e. The molecule has 2 aliphatic rings. The lowest BCUT2D eigenvalue weighted by Gasteiger charge is -2.33. The van der Waals surface area contributed by atoms with Crippen LogP contribution in [0.25, 0.3) is 42.4 Å². The maximum absolute atomic E-state index is 13.3. The predicted octanol–water partition coefficient (Wildman–Crippen LogP) is 10.5. The molecule has 0 unspecified atom stereocenters. The topological polar surface area (TPSA) is 37.4 Å². The average Bonchev–Trinajstić information content (AvgIpc) is 3.51. The van der Waals surface area contributed by atoms with E-state index in [0.29, 0.717) is 9.79 Å². The third kappa shape index (κ3) is 3.43. The number of hydrogen-bond acceptors (Lipinski definition) is 5. The van der Waals surface area contributed by atoms with Crippen LogP contribution < -0.4 is 4.90 Å². The zero-order valence-corrected chi connectivity index (χ0v) is 24.6. The van der Waals surface area contributed by atoms with E-state index >= 15 is 0 Å². The van der Waals surface area contributed by atoms with Gasteiger partial charge in [-0.25, -0.2) is 8.42 Å². The quantitative estimate of drug-likeness (QED) is 0.199. The molecule has 0 saturated heterocycles. The Hall–Kier alpha value is -4.36. The average molecular weight is 596 g/mol. The summed E-state index contributed by atoms with van der Waals surface area (Å²) in [5, 5.41) is 2.59. The van der Waals surface area contributed by atoms with Crippen LogP contribution in [0.4, 0.5) is 17.1 Å². The van der Waals surface area contributed by atoms with Crippen LogP contribution in [-0.2, 0) is 9.84 Å². The first-order valence-electron chi connectivity index (χ1n) is 13.7. The van der Waals surface area contributed by atoms with Gasteiger partial charge in [-0.3, -0.25) is 0 Å². The number of rotatable bonds is 2. The summed E-state index contributed by atoms with van der Waals surface area (Å²) in [6.45, 7) is 0. The van der Waals surface area contributed by atoms with Crippen molar-refractivity contribution in [3.8, 4) is 22.3 Å². The van der Waals surface area contributed by atoms with E-state index in [0.717, 1.165) is 38.0 Å². The fourth-order valence-electron chi connectivity index (χ4n) is 6.26. The monoisotopic (exact) mass is 595 g/mol. The fourth-order valence-corrected chi connectivity index (χ4v) is 10.1. The summed E-state index contributed by atoms with van der Waals surface area (Å²) in [7, 11) is -3.52. The van der Waals surface area contributed by atoms with Gasteiger partial charge in [-0.15, -0.1) is 11.3 Å². The molecule has 0 bridgehead atoms. The Kier molecular flexibility index (Phi) is 5.09. The highest BCUT2D eigenvalue weighted by Crippen LogP contribution is 2.54. The lowest BCUT2D eigenvalue weighted by molar-refractivity contribution is 0.598. The molecule has 2 aliphatic heterocycles. The van der Waals surface area contributed by atoms with Crippen LogP contribution in [0.15, 0.2) is 147 Å². The van der Waals surface area contributed by atoms with Crippen molar-refractivity contribution in [3.63, 3.8) is 0 Å². The number of anilines is 3. The summed E-state index contributed by atoms with van der Waals surface area (Å²) < 4.78 is 29.1. The van der Waals surface area contributed by atoms with Gasteiger partial charge in [-0.05, 0) is 77.9 Å². The summed E-state index contributed by atoms with van der Waals surface area (Å²) in [4.78, 5) is 5.34. The van der Waals surface area contributed by atoms with Gasteiger partial charge in [0.05, 0.1) is 21.2 Å². The molecule has 200 valence electrons. The molecule has 3 nitrogen and oxygen atoms in total. The van der Waals surface area contributed by atoms with Crippen molar-refractivity contribution in [1.82, 2.24) is 0 Å². The fraction of sp³-hybridized carbons (Fsp3) is 0. The van der Waals surface area contributed by atoms with E-state index in [1.165, 1.54) is 31.3 Å². The minimum Gasteiger partial charge on any atom is -0.308 e. The maximum atomic E-state index is 13.3. The number of benzene rings is 6. The van der Waals surface area contributed by atoms with E-state index in [4.69, 9.17) is 0 Å². The highest BCUT2D eigenvalue weighted by Gasteiger charge is 2.34. The van der Waals surface area contributed by atoms with Gasteiger partial charge >= 0.3 is 0 Å². The second-order valence-electron chi connectivity index (χ2n) is 10.6. The molecular formula is C36H21NO2S3. The molecule has 0 fully saturated rings. The van der Waals surface area contributed by atoms with Gasteiger partial charge in [0, 0.05) is 46.8 Å². The summed E-state index contributed by atoms with van der Waals surface area (Å²) in [6.07, 6.45) is 0. The molecule has 0 atom stereocenters. The molecule has 0 amide bonds. The Morgan fingerprint density at radius 1 is 0.524 bits per heavy atom. The van der Waals surface area contributed by atoms with Gasteiger partial charge in [-0.1, -0.05) is 72.4 Å². The van der Waals surface area contributed by atoms with Gasteiger partial charge in [-0.2, -0.15) is 0 Å². The third-order valence-corrected chi connectivity index (χ3v) is 12.3. The first kappa shape index (κ1) is 24.3. The molecule has 0 N–H and O–H groups in total. The highest BCUT2D eigenvalue weighted by molar-refractivity contribution is 7.99. The molecular weight excluding hydrogens is 575 g/mol. The SMILES string of the molecule is O=S1(=O)c2ccccc2-c2cc(N3c4ccccc4Sc4cc(-c5ccc6sc7ccccc7c6c5)ccc43)ccc21. The molecule has 6 aromatic carbocycles. The van der Waals surface area contributed by atoms with Crippen molar-refractivity contribution < 1.29 is 8.42 Å². The van der Waals surface area contributed by atoms with E-state index in [-0.39, 0.29) is 0 Å². The number of hydrogen-bond donors (Lipinski definition) is 0. The van der Waals surface area contributed by atoms with Crippen LogP contribution in [0.1, 0.15) is 0 Å². The van der Waals surface area contributed by atoms with Crippen LogP contribution in [-0.4, -0.2) is 8.42 Å². The maximum Gasteiger partial charge on any atom is 0.207 e. The minimum atomic E-state index is -3.52. The van der Waals surface area contributed by atoms with Crippen LogP contribution in [0, 0.1) is 0 Å².